The summed E-state index contributed by atoms with van der Waals surface area (Å²) >= 11 is 0. The van der Waals surface area contributed by atoms with Crippen LogP contribution in [0.4, 0.5) is 0 Å². The van der Waals surface area contributed by atoms with Gasteiger partial charge in [0.1, 0.15) is 6.54 Å². The molecule has 0 unspecified atom stereocenters. The number of fused-ring (bicyclic) bond motifs is 3. The third-order valence-corrected chi connectivity index (χ3v) is 6.26. The molecular formula is C22H27N3O5. The van der Waals surface area contributed by atoms with Gasteiger partial charge in [-0.1, -0.05) is 32.9 Å². The zero-order valence-corrected chi connectivity index (χ0v) is 17.6. The zero-order valence-electron chi connectivity index (χ0n) is 17.6. The zero-order chi connectivity index (χ0) is 21.7. The molecule has 2 aliphatic rings. The summed E-state index contributed by atoms with van der Waals surface area (Å²) in [5.74, 6) is -0.959. The first-order chi connectivity index (χ1) is 14.1. The maximum atomic E-state index is 12.7. The summed E-state index contributed by atoms with van der Waals surface area (Å²) in [5.41, 5.74) is -0.664. The third kappa shape index (κ3) is 3.78. The lowest BCUT2D eigenvalue weighted by molar-refractivity contribution is -0.153. The van der Waals surface area contributed by atoms with Crippen molar-refractivity contribution in [1.82, 2.24) is 14.7 Å². The van der Waals surface area contributed by atoms with Gasteiger partial charge < -0.3 is 9.64 Å². The van der Waals surface area contributed by atoms with E-state index < -0.39 is 23.6 Å². The van der Waals surface area contributed by atoms with E-state index in [0.29, 0.717) is 6.54 Å². The third-order valence-electron chi connectivity index (χ3n) is 6.26. The van der Waals surface area contributed by atoms with Crippen molar-refractivity contribution in [2.24, 2.45) is 10.8 Å². The molecule has 1 aromatic heterocycles. The van der Waals surface area contributed by atoms with Crippen LogP contribution in [-0.2, 0) is 20.9 Å². The lowest BCUT2D eigenvalue weighted by Crippen LogP contribution is -2.40. The molecule has 1 aliphatic heterocycles. The molecule has 2 aromatic rings. The van der Waals surface area contributed by atoms with E-state index in [1.54, 1.807) is 18.2 Å². The van der Waals surface area contributed by atoms with Crippen LogP contribution in [0.15, 0.2) is 33.9 Å². The molecule has 0 spiro atoms. The highest BCUT2D eigenvalue weighted by Gasteiger charge is 2.50. The molecule has 8 nitrogen and oxygen atoms in total. The Morgan fingerprint density at radius 3 is 2.57 bits per heavy atom. The van der Waals surface area contributed by atoms with Crippen molar-refractivity contribution >= 4 is 22.6 Å². The largest absolute Gasteiger partial charge is 0.454 e. The van der Waals surface area contributed by atoms with Crippen LogP contribution in [0.2, 0.25) is 0 Å². The second-order valence-corrected chi connectivity index (χ2v) is 9.77. The van der Waals surface area contributed by atoms with Crippen LogP contribution in [0.3, 0.4) is 0 Å². The Morgan fingerprint density at radius 2 is 1.83 bits per heavy atom. The summed E-state index contributed by atoms with van der Waals surface area (Å²) in [6.45, 7) is 6.53. The van der Waals surface area contributed by atoms with Crippen LogP contribution in [0.25, 0.3) is 10.8 Å². The normalized spacial score (nSPS) is 24.8. The number of benzene rings is 1. The Balaban J connectivity index is 1.41. The second kappa shape index (κ2) is 7.11. The van der Waals surface area contributed by atoms with E-state index in [1.807, 2.05) is 4.90 Å². The predicted octanol–water partition coefficient (Wildman–Crippen LogP) is 1.66. The molecule has 1 aromatic carbocycles. The number of aromatic nitrogens is 2. The highest BCUT2D eigenvalue weighted by Crippen LogP contribution is 2.52. The fourth-order valence-corrected chi connectivity index (χ4v) is 5.51. The second-order valence-electron chi connectivity index (χ2n) is 9.77. The molecule has 2 bridgehead atoms. The molecule has 160 valence electrons. The topological polar surface area (TPSA) is 101 Å². The maximum Gasteiger partial charge on any atom is 0.328 e. The standard InChI is InChI=1S/C22H27N3O5/c1-21(2)8-14-9-22(3,12-21)13-24(14)17(26)11-30-18(27)10-25-20(29)16-7-5-4-6-15(16)19(28)23-25/h4-7,14H,8-13H2,1-3H3,(H,23,28)/t14-,22+/m0/s1. The number of esters is 1. The minimum Gasteiger partial charge on any atom is -0.454 e. The Labute approximate surface area is 173 Å². The molecule has 2 heterocycles. The number of amides is 1. The van der Waals surface area contributed by atoms with Gasteiger partial charge in [-0.15, -0.1) is 0 Å². The Bertz CT molecular complexity index is 1130. The molecule has 2 atom stereocenters. The van der Waals surface area contributed by atoms with E-state index in [2.05, 4.69) is 25.9 Å². The SMILES string of the molecule is CC1(C)C[C@H]2C[C@@](C)(CN2C(=O)COC(=O)Cn2[nH]c(=O)c3ccccc3c2=O)C1. The Kier molecular flexibility index (Phi) is 4.83. The highest BCUT2D eigenvalue weighted by atomic mass is 16.5. The summed E-state index contributed by atoms with van der Waals surface area (Å²) < 4.78 is 6.07. The molecule has 2 fully saturated rings. The quantitative estimate of drug-likeness (QED) is 0.768. The van der Waals surface area contributed by atoms with Crippen molar-refractivity contribution in [3.05, 3.63) is 45.0 Å². The number of H-pyrrole nitrogens is 1. The number of aromatic amines is 1. The summed E-state index contributed by atoms with van der Waals surface area (Å²) in [6.07, 6.45) is 2.98. The van der Waals surface area contributed by atoms with E-state index in [0.717, 1.165) is 23.9 Å². The molecule has 0 radical (unpaired) electrons. The van der Waals surface area contributed by atoms with Gasteiger partial charge in [-0.25, -0.2) is 4.68 Å². The van der Waals surface area contributed by atoms with Gasteiger partial charge >= 0.3 is 5.97 Å². The van der Waals surface area contributed by atoms with E-state index in [9.17, 15) is 19.2 Å². The number of nitrogens with zero attached hydrogens (tertiary/aromatic N) is 2. The number of rotatable bonds is 4. The van der Waals surface area contributed by atoms with E-state index in [1.165, 1.54) is 6.07 Å². The van der Waals surface area contributed by atoms with Crippen molar-refractivity contribution in [2.75, 3.05) is 13.2 Å². The number of nitrogens with one attached hydrogen (secondary N) is 1. The molecule has 4 rings (SSSR count). The monoisotopic (exact) mass is 413 g/mol. The van der Waals surface area contributed by atoms with Crippen LogP contribution < -0.4 is 11.1 Å². The molecule has 30 heavy (non-hydrogen) atoms. The van der Waals surface area contributed by atoms with Crippen molar-refractivity contribution in [2.45, 2.75) is 52.6 Å². The number of likely N-dealkylation sites (tertiary alicyclic amines) is 1. The maximum absolute atomic E-state index is 12.7. The minimum absolute atomic E-state index is 0.101. The van der Waals surface area contributed by atoms with Crippen LogP contribution >= 0.6 is 0 Å². The van der Waals surface area contributed by atoms with Crippen LogP contribution in [0.5, 0.6) is 0 Å². The number of carbonyl (C=O) groups is 2. The predicted molar refractivity (Wildman–Crippen MR) is 111 cm³/mol. The smallest absolute Gasteiger partial charge is 0.328 e. The van der Waals surface area contributed by atoms with Gasteiger partial charge in [-0.3, -0.25) is 24.3 Å². The molecule has 1 aliphatic carbocycles. The van der Waals surface area contributed by atoms with E-state index in [-0.39, 0.29) is 40.2 Å². The number of hydrogen-bond donors (Lipinski definition) is 1. The van der Waals surface area contributed by atoms with Crippen molar-refractivity contribution < 1.29 is 14.3 Å². The summed E-state index contributed by atoms with van der Waals surface area (Å²) in [6, 6.07) is 6.56. The number of hydrogen-bond acceptors (Lipinski definition) is 5. The fraction of sp³-hybridized carbons (Fsp3) is 0.545. The Hall–Kier alpha value is -2.90. The molecular weight excluding hydrogens is 386 g/mol. The van der Waals surface area contributed by atoms with Crippen molar-refractivity contribution in [1.29, 1.82) is 0 Å². The first kappa shape index (κ1) is 20.4. The summed E-state index contributed by atoms with van der Waals surface area (Å²) in [7, 11) is 0. The number of carbonyl (C=O) groups excluding carboxylic acids is 2. The average Bonchev–Trinajstić information content (AvgIpc) is 2.92. The number of ether oxygens (including phenoxy) is 1. The highest BCUT2D eigenvalue weighted by molar-refractivity contribution is 5.82. The molecule has 8 heteroatoms. The van der Waals surface area contributed by atoms with Gasteiger partial charge in [-0.2, -0.15) is 0 Å². The first-order valence-corrected chi connectivity index (χ1v) is 10.2. The molecule has 1 saturated heterocycles. The van der Waals surface area contributed by atoms with Gasteiger partial charge in [0.25, 0.3) is 17.0 Å². The van der Waals surface area contributed by atoms with Gasteiger partial charge in [0.05, 0.1) is 10.8 Å². The van der Waals surface area contributed by atoms with Gasteiger partial charge in [-0.05, 0) is 42.2 Å². The van der Waals surface area contributed by atoms with Gasteiger partial charge in [0.15, 0.2) is 6.61 Å². The summed E-state index contributed by atoms with van der Waals surface area (Å²) in [4.78, 5) is 51.4. The lowest BCUT2D eigenvalue weighted by atomic mass is 9.65. The van der Waals surface area contributed by atoms with E-state index in [4.69, 9.17) is 4.74 Å². The van der Waals surface area contributed by atoms with Crippen molar-refractivity contribution in [3.8, 4) is 0 Å². The van der Waals surface area contributed by atoms with Crippen molar-refractivity contribution in [3.63, 3.8) is 0 Å². The first-order valence-electron chi connectivity index (χ1n) is 10.2. The fourth-order valence-electron chi connectivity index (χ4n) is 5.51. The van der Waals surface area contributed by atoms with E-state index >= 15 is 0 Å². The summed E-state index contributed by atoms with van der Waals surface area (Å²) in [5, 5.41) is 2.88. The molecule has 1 saturated carbocycles. The van der Waals surface area contributed by atoms with Crippen LogP contribution in [-0.4, -0.2) is 45.8 Å². The lowest BCUT2D eigenvalue weighted by Gasteiger charge is -2.39. The van der Waals surface area contributed by atoms with Crippen LogP contribution in [0.1, 0.15) is 40.0 Å². The van der Waals surface area contributed by atoms with Gasteiger partial charge in [0, 0.05) is 12.6 Å². The molecule has 1 amide bonds. The van der Waals surface area contributed by atoms with Crippen LogP contribution in [0, 0.1) is 10.8 Å². The average molecular weight is 413 g/mol. The van der Waals surface area contributed by atoms with Gasteiger partial charge in [0.2, 0.25) is 0 Å². The minimum atomic E-state index is -0.745. The Morgan fingerprint density at radius 1 is 1.13 bits per heavy atom. The molecule has 1 N–H and O–H groups in total.